The molecule has 0 saturated carbocycles. The zero-order valence-corrected chi connectivity index (χ0v) is 9.04. The first-order valence-corrected chi connectivity index (χ1v) is 4.91. The molecular formula is C11H11BrO. The highest BCUT2D eigenvalue weighted by Crippen LogP contribution is 2.11. The van der Waals surface area contributed by atoms with Gasteiger partial charge in [-0.3, -0.25) is 4.79 Å². The maximum Gasteiger partial charge on any atom is 0.159 e. The van der Waals surface area contributed by atoms with Crippen molar-refractivity contribution in [2.24, 2.45) is 0 Å². The van der Waals surface area contributed by atoms with Gasteiger partial charge in [-0.1, -0.05) is 34.1 Å². The SMILES string of the molecule is CC=CC(=O)Cc1ccc(Br)cc1. The summed E-state index contributed by atoms with van der Waals surface area (Å²) in [6.07, 6.45) is 3.85. The Bertz CT molecular complexity index is 311. The first kappa shape index (κ1) is 10.2. The van der Waals surface area contributed by atoms with Gasteiger partial charge in [0.1, 0.15) is 0 Å². The lowest BCUT2D eigenvalue weighted by molar-refractivity contribution is -0.114. The number of ketones is 1. The minimum absolute atomic E-state index is 0.143. The number of halogens is 1. The average molecular weight is 239 g/mol. The molecule has 1 rings (SSSR count). The molecular weight excluding hydrogens is 228 g/mol. The van der Waals surface area contributed by atoms with Crippen molar-refractivity contribution in [2.45, 2.75) is 13.3 Å². The Morgan fingerprint density at radius 2 is 2.00 bits per heavy atom. The van der Waals surface area contributed by atoms with Crippen LogP contribution >= 0.6 is 15.9 Å². The minimum atomic E-state index is 0.143. The fourth-order valence-electron chi connectivity index (χ4n) is 1.05. The molecule has 68 valence electrons. The van der Waals surface area contributed by atoms with E-state index in [-0.39, 0.29) is 5.78 Å². The third-order valence-corrected chi connectivity index (χ3v) is 2.17. The summed E-state index contributed by atoms with van der Waals surface area (Å²) in [4.78, 5) is 11.2. The summed E-state index contributed by atoms with van der Waals surface area (Å²) in [5, 5.41) is 0. The zero-order valence-electron chi connectivity index (χ0n) is 7.46. The van der Waals surface area contributed by atoms with Crippen molar-refractivity contribution in [1.29, 1.82) is 0 Å². The Hall–Kier alpha value is -0.890. The largest absolute Gasteiger partial charge is 0.294 e. The smallest absolute Gasteiger partial charge is 0.159 e. The van der Waals surface area contributed by atoms with Crippen LogP contribution in [0, 0.1) is 0 Å². The van der Waals surface area contributed by atoms with Crippen LogP contribution in [0.1, 0.15) is 12.5 Å². The maximum atomic E-state index is 11.2. The van der Waals surface area contributed by atoms with Gasteiger partial charge >= 0.3 is 0 Å². The number of carbonyl (C=O) groups excluding carboxylic acids is 1. The molecule has 0 aliphatic heterocycles. The molecule has 0 atom stereocenters. The summed E-state index contributed by atoms with van der Waals surface area (Å²) in [7, 11) is 0. The first-order valence-electron chi connectivity index (χ1n) is 4.12. The Labute approximate surface area is 86.6 Å². The molecule has 2 heteroatoms. The number of allylic oxidation sites excluding steroid dienone is 2. The normalized spacial score (nSPS) is 10.6. The topological polar surface area (TPSA) is 17.1 Å². The number of hydrogen-bond acceptors (Lipinski definition) is 1. The summed E-state index contributed by atoms with van der Waals surface area (Å²) in [5.41, 5.74) is 1.05. The molecule has 0 aromatic heterocycles. The van der Waals surface area contributed by atoms with Crippen molar-refractivity contribution >= 4 is 21.7 Å². The van der Waals surface area contributed by atoms with Crippen LogP contribution in [0.5, 0.6) is 0 Å². The van der Waals surface area contributed by atoms with Gasteiger partial charge in [0.2, 0.25) is 0 Å². The molecule has 0 saturated heterocycles. The van der Waals surface area contributed by atoms with Crippen molar-refractivity contribution in [2.75, 3.05) is 0 Å². The Morgan fingerprint density at radius 1 is 1.38 bits per heavy atom. The Morgan fingerprint density at radius 3 is 2.54 bits per heavy atom. The molecule has 0 heterocycles. The number of carbonyl (C=O) groups is 1. The van der Waals surface area contributed by atoms with Crippen LogP contribution in [0.4, 0.5) is 0 Å². The molecule has 0 bridgehead atoms. The summed E-state index contributed by atoms with van der Waals surface area (Å²) >= 11 is 3.34. The molecule has 1 aromatic carbocycles. The fourth-order valence-corrected chi connectivity index (χ4v) is 1.31. The van der Waals surface area contributed by atoms with Crippen LogP contribution in [-0.2, 0) is 11.2 Å². The zero-order chi connectivity index (χ0) is 9.68. The lowest BCUT2D eigenvalue weighted by Crippen LogP contribution is -1.97. The summed E-state index contributed by atoms with van der Waals surface area (Å²) in [6, 6.07) is 7.79. The lowest BCUT2D eigenvalue weighted by atomic mass is 10.1. The van der Waals surface area contributed by atoms with Crippen molar-refractivity contribution in [3.63, 3.8) is 0 Å². The molecule has 0 aliphatic carbocycles. The summed E-state index contributed by atoms with van der Waals surface area (Å²) < 4.78 is 1.04. The summed E-state index contributed by atoms with van der Waals surface area (Å²) in [5.74, 6) is 0.143. The first-order chi connectivity index (χ1) is 6.22. The van der Waals surface area contributed by atoms with E-state index in [0.29, 0.717) is 6.42 Å². The van der Waals surface area contributed by atoms with E-state index in [9.17, 15) is 4.79 Å². The lowest BCUT2D eigenvalue weighted by Gasteiger charge is -1.97. The quantitative estimate of drug-likeness (QED) is 0.740. The van der Waals surface area contributed by atoms with Gasteiger partial charge in [0, 0.05) is 10.9 Å². The average Bonchev–Trinajstić information content (AvgIpc) is 2.09. The van der Waals surface area contributed by atoms with Crippen LogP contribution in [0.25, 0.3) is 0 Å². The van der Waals surface area contributed by atoms with Gasteiger partial charge in [-0.25, -0.2) is 0 Å². The highest BCUT2D eigenvalue weighted by molar-refractivity contribution is 9.10. The van der Waals surface area contributed by atoms with Crippen LogP contribution in [-0.4, -0.2) is 5.78 Å². The van der Waals surface area contributed by atoms with Crippen molar-refractivity contribution < 1.29 is 4.79 Å². The Balaban J connectivity index is 2.64. The van der Waals surface area contributed by atoms with E-state index in [0.717, 1.165) is 10.0 Å². The monoisotopic (exact) mass is 238 g/mol. The van der Waals surface area contributed by atoms with Gasteiger partial charge in [0.05, 0.1) is 0 Å². The minimum Gasteiger partial charge on any atom is -0.294 e. The molecule has 0 N–H and O–H groups in total. The predicted molar refractivity (Wildman–Crippen MR) is 57.7 cm³/mol. The second kappa shape index (κ2) is 4.97. The Kier molecular flexibility index (Phi) is 3.90. The summed E-state index contributed by atoms with van der Waals surface area (Å²) in [6.45, 7) is 1.85. The number of hydrogen-bond donors (Lipinski definition) is 0. The van der Waals surface area contributed by atoms with Gasteiger partial charge in [0.25, 0.3) is 0 Å². The third-order valence-electron chi connectivity index (χ3n) is 1.64. The van der Waals surface area contributed by atoms with E-state index in [2.05, 4.69) is 15.9 Å². The van der Waals surface area contributed by atoms with Gasteiger partial charge < -0.3 is 0 Å². The molecule has 0 aliphatic rings. The second-order valence-corrected chi connectivity index (χ2v) is 3.69. The van der Waals surface area contributed by atoms with Crippen LogP contribution in [0.15, 0.2) is 40.9 Å². The second-order valence-electron chi connectivity index (χ2n) is 2.77. The van der Waals surface area contributed by atoms with Gasteiger partial charge in [-0.2, -0.15) is 0 Å². The third kappa shape index (κ3) is 3.55. The number of rotatable bonds is 3. The predicted octanol–water partition coefficient (Wildman–Crippen LogP) is 3.14. The van der Waals surface area contributed by atoms with E-state index in [4.69, 9.17) is 0 Å². The molecule has 0 amide bonds. The van der Waals surface area contributed by atoms with Crippen molar-refractivity contribution in [3.8, 4) is 0 Å². The van der Waals surface area contributed by atoms with Gasteiger partial charge in [-0.05, 0) is 30.7 Å². The standard InChI is InChI=1S/C11H11BrO/c1-2-3-11(13)8-9-4-6-10(12)7-5-9/h2-7H,8H2,1H3. The molecule has 1 aromatic rings. The van der Waals surface area contributed by atoms with E-state index in [1.54, 1.807) is 12.2 Å². The van der Waals surface area contributed by atoms with Crippen molar-refractivity contribution in [1.82, 2.24) is 0 Å². The fraction of sp³-hybridized carbons (Fsp3) is 0.182. The molecule has 13 heavy (non-hydrogen) atoms. The van der Waals surface area contributed by atoms with Gasteiger partial charge in [0.15, 0.2) is 5.78 Å². The van der Waals surface area contributed by atoms with Crippen molar-refractivity contribution in [3.05, 3.63) is 46.5 Å². The van der Waals surface area contributed by atoms with E-state index >= 15 is 0 Å². The molecule has 0 unspecified atom stereocenters. The molecule has 0 fully saturated rings. The van der Waals surface area contributed by atoms with E-state index in [1.807, 2.05) is 31.2 Å². The maximum absolute atomic E-state index is 11.2. The van der Waals surface area contributed by atoms with Crippen LogP contribution < -0.4 is 0 Å². The van der Waals surface area contributed by atoms with Gasteiger partial charge in [-0.15, -0.1) is 0 Å². The van der Waals surface area contributed by atoms with E-state index in [1.165, 1.54) is 0 Å². The number of benzene rings is 1. The molecule has 0 spiro atoms. The van der Waals surface area contributed by atoms with E-state index < -0.39 is 0 Å². The molecule has 1 nitrogen and oxygen atoms in total. The van der Waals surface area contributed by atoms with Crippen LogP contribution in [0.3, 0.4) is 0 Å². The highest BCUT2D eigenvalue weighted by Gasteiger charge is 1.98. The molecule has 0 radical (unpaired) electrons. The van der Waals surface area contributed by atoms with Crippen LogP contribution in [0.2, 0.25) is 0 Å². The highest BCUT2D eigenvalue weighted by atomic mass is 79.9.